The van der Waals surface area contributed by atoms with Crippen LogP contribution in [0.5, 0.6) is 5.75 Å². The van der Waals surface area contributed by atoms with Gasteiger partial charge < -0.3 is 20.1 Å². The maximum Gasteiger partial charge on any atom is 0.331 e. The molecule has 0 radical (unpaired) electrons. The van der Waals surface area contributed by atoms with Gasteiger partial charge in [0, 0.05) is 11.5 Å². The van der Waals surface area contributed by atoms with Gasteiger partial charge in [0.1, 0.15) is 11.9 Å². The second-order valence-electron chi connectivity index (χ2n) is 17.7. The predicted octanol–water partition coefficient (Wildman–Crippen LogP) is 8.42. The number of benzene rings is 1. The summed E-state index contributed by atoms with van der Waals surface area (Å²) < 4.78 is 6.07. The van der Waals surface area contributed by atoms with Gasteiger partial charge in [0.05, 0.1) is 11.5 Å². The molecule has 11 atom stereocenters. The molecule has 0 aliphatic heterocycles. The van der Waals surface area contributed by atoms with Gasteiger partial charge in [-0.3, -0.25) is 4.79 Å². The van der Waals surface area contributed by atoms with Crippen molar-refractivity contribution in [3.63, 3.8) is 0 Å². The molecule has 5 aliphatic rings. The van der Waals surface area contributed by atoms with E-state index in [1.165, 1.54) is 6.08 Å². The zero-order chi connectivity index (χ0) is 33.7. The van der Waals surface area contributed by atoms with Gasteiger partial charge in [-0.1, -0.05) is 65.8 Å². The molecule has 1 aromatic rings. The molecule has 0 heterocycles. The van der Waals surface area contributed by atoms with Crippen LogP contribution < -0.4 is 0 Å². The number of aliphatic hydroxyl groups is 1. The number of aliphatic hydroxyl groups excluding tert-OH is 1. The van der Waals surface area contributed by atoms with E-state index in [2.05, 4.69) is 55.0 Å². The Kier molecular flexibility index (Phi) is 7.75. The number of carbonyl (C=O) groups is 2. The number of rotatable bonds is 5. The molecule has 0 bridgehead atoms. The molecule has 6 heteroatoms. The minimum atomic E-state index is -0.778. The van der Waals surface area contributed by atoms with Crippen molar-refractivity contribution in [2.45, 2.75) is 118 Å². The van der Waals surface area contributed by atoms with E-state index in [0.29, 0.717) is 12.3 Å². The van der Waals surface area contributed by atoms with E-state index in [-0.39, 0.29) is 45.2 Å². The van der Waals surface area contributed by atoms with Crippen LogP contribution in [0.3, 0.4) is 0 Å². The van der Waals surface area contributed by atoms with Gasteiger partial charge in [-0.05, 0) is 134 Å². The first-order chi connectivity index (χ1) is 21.4. The number of allylic oxidation sites excluding steroid dienone is 1. The molecule has 0 aromatic heterocycles. The number of esters is 1. The smallest absolute Gasteiger partial charge is 0.331 e. The van der Waals surface area contributed by atoms with Crippen LogP contribution in [0.4, 0.5) is 0 Å². The second kappa shape index (κ2) is 10.7. The third kappa shape index (κ3) is 4.37. The lowest BCUT2D eigenvalue weighted by Gasteiger charge is -2.76. The summed E-state index contributed by atoms with van der Waals surface area (Å²) in [4.78, 5) is 26.1. The largest absolute Gasteiger partial charge is 0.508 e. The number of fused-ring (bicyclic) bond motifs is 7. The number of phenols is 1. The van der Waals surface area contributed by atoms with Gasteiger partial charge in [-0.15, -0.1) is 0 Å². The Morgan fingerprint density at radius 3 is 2.15 bits per heavy atom. The van der Waals surface area contributed by atoms with E-state index < -0.39 is 35.0 Å². The first-order valence-electron chi connectivity index (χ1n) is 17.6. The fourth-order valence-corrected chi connectivity index (χ4v) is 13.4. The number of hydrogen-bond acceptors (Lipinski definition) is 5. The topological polar surface area (TPSA) is 104 Å². The van der Waals surface area contributed by atoms with Crippen LogP contribution in [0.25, 0.3) is 6.08 Å². The number of aliphatic carboxylic acids is 1. The molecular weight excluding hydrogens is 576 g/mol. The first-order valence-corrected chi connectivity index (χ1v) is 17.6. The van der Waals surface area contributed by atoms with Crippen LogP contribution in [0.1, 0.15) is 112 Å². The zero-order valence-electron chi connectivity index (χ0n) is 29.1. The monoisotopic (exact) mass is 632 g/mol. The summed E-state index contributed by atoms with van der Waals surface area (Å²) in [6.07, 6.45) is 9.65. The Morgan fingerprint density at radius 2 is 1.52 bits per heavy atom. The maximum atomic E-state index is 13.1. The lowest BCUT2D eigenvalue weighted by Crippen LogP contribution is -2.71. The maximum absolute atomic E-state index is 13.1. The summed E-state index contributed by atoms with van der Waals surface area (Å²) in [6, 6.07) is 6.62. The molecule has 0 spiro atoms. The molecule has 6 rings (SSSR count). The summed E-state index contributed by atoms with van der Waals surface area (Å²) >= 11 is 0. The Morgan fingerprint density at radius 1 is 0.891 bits per heavy atom. The Balaban J connectivity index is 1.29. The number of ether oxygens (including phenoxy) is 1. The minimum Gasteiger partial charge on any atom is -0.508 e. The van der Waals surface area contributed by atoms with Gasteiger partial charge in [-0.2, -0.15) is 0 Å². The quantitative estimate of drug-likeness (QED) is 0.171. The SMILES string of the molecule is C=C(C)[C@H]1CC[C@@]2(C(=O)O)CC[C@@]3(C)[C@](C)(CCC4[C@@]5(C)C[C@@H](O)[C@@H](OC(=O)C=Cc6ccc(O)cc6)C(C)(C)[C@H]5CC[C@]43C)C12. The van der Waals surface area contributed by atoms with Crippen LogP contribution in [-0.2, 0) is 14.3 Å². The summed E-state index contributed by atoms with van der Waals surface area (Å²) in [5, 5.41) is 32.1. The van der Waals surface area contributed by atoms with E-state index in [1.807, 2.05) is 0 Å². The highest BCUT2D eigenvalue weighted by atomic mass is 16.6. The first kappa shape index (κ1) is 33.3. The molecule has 46 heavy (non-hydrogen) atoms. The lowest BCUT2D eigenvalue weighted by atomic mass is 9.28. The van der Waals surface area contributed by atoms with Crippen molar-refractivity contribution in [2.24, 2.45) is 56.2 Å². The van der Waals surface area contributed by atoms with Crippen LogP contribution in [0, 0.1) is 56.2 Å². The van der Waals surface area contributed by atoms with Crippen LogP contribution in [-0.4, -0.2) is 39.5 Å². The standard InChI is InChI=1S/C40H56O6/c1-24(2)27-15-20-40(34(44)45)22-21-39(8)37(6)18-16-29-35(3,4)33(46-31(43)14-11-25-9-12-26(41)13-10-25)28(42)23-36(29,5)30(37)17-19-38(39,7)32(27)40/h9-14,27-30,32-33,41-42H,1,15-23H2,2-8H3,(H,44,45)/t27-,28-,29-,30?,32?,33-,36+,37-,38-,39-,40-/m1/s1. The number of carboxylic acid groups (broad SMARTS) is 1. The van der Waals surface area contributed by atoms with Gasteiger partial charge in [0.15, 0.2) is 0 Å². The minimum absolute atomic E-state index is 0.00963. The van der Waals surface area contributed by atoms with Crippen molar-refractivity contribution in [3.05, 3.63) is 48.1 Å². The number of phenolic OH excluding ortho intramolecular Hbond substituents is 1. The van der Waals surface area contributed by atoms with E-state index in [1.54, 1.807) is 30.3 Å². The third-order valence-corrected chi connectivity index (χ3v) is 15.7. The van der Waals surface area contributed by atoms with Crippen molar-refractivity contribution in [1.82, 2.24) is 0 Å². The predicted molar refractivity (Wildman–Crippen MR) is 180 cm³/mol. The summed E-state index contributed by atoms with van der Waals surface area (Å²) in [5.41, 5.74) is 0.500. The molecule has 5 aliphatic carbocycles. The molecule has 5 saturated carbocycles. The van der Waals surface area contributed by atoms with Crippen LogP contribution in [0.2, 0.25) is 0 Å². The molecular formula is C40H56O6. The highest BCUT2D eigenvalue weighted by Crippen LogP contribution is 2.81. The van der Waals surface area contributed by atoms with E-state index in [9.17, 15) is 24.9 Å². The van der Waals surface area contributed by atoms with Gasteiger partial charge in [0.25, 0.3) is 0 Å². The van der Waals surface area contributed by atoms with E-state index >= 15 is 0 Å². The zero-order valence-corrected chi connectivity index (χ0v) is 29.1. The van der Waals surface area contributed by atoms with Crippen molar-refractivity contribution in [1.29, 1.82) is 0 Å². The lowest BCUT2D eigenvalue weighted by molar-refractivity contribution is -0.287. The van der Waals surface area contributed by atoms with E-state index in [0.717, 1.165) is 62.5 Å². The highest BCUT2D eigenvalue weighted by Gasteiger charge is 2.76. The van der Waals surface area contributed by atoms with Gasteiger partial charge in [-0.25, -0.2) is 4.79 Å². The number of aromatic hydroxyl groups is 1. The Bertz CT molecular complexity index is 1440. The Hall–Kier alpha value is -2.60. The molecule has 0 saturated heterocycles. The second-order valence-corrected chi connectivity index (χ2v) is 17.7. The average Bonchev–Trinajstić information content (AvgIpc) is 3.39. The van der Waals surface area contributed by atoms with Crippen molar-refractivity contribution in [2.75, 3.05) is 0 Å². The normalized spacial score (nSPS) is 46.0. The van der Waals surface area contributed by atoms with Gasteiger partial charge in [0.2, 0.25) is 0 Å². The van der Waals surface area contributed by atoms with Crippen molar-refractivity contribution in [3.8, 4) is 5.75 Å². The van der Waals surface area contributed by atoms with Gasteiger partial charge >= 0.3 is 11.9 Å². The fourth-order valence-electron chi connectivity index (χ4n) is 13.4. The molecule has 1 aromatic carbocycles. The number of carboxylic acids is 1. The fraction of sp³-hybridized carbons (Fsp3) is 0.700. The van der Waals surface area contributed by atoms with E-state index in [4.69, 9.17) is 4.74 Å². The summed E-state index contributed by atoms with van der Waals surface area (Å²) in [5.74, 6) is 0.0573. The third-order valence-electron chi connectivity index (χ3n) is 15.7. The summed E-state index contributed by atoms with van der Waals surface area (Å²) in [7, 11) is 0. The molecule has 0 amide bonds. The number of carbonyl (C=O) groups excluding carboxylic acids is 1. The van der Waals surface area contributed by atoms with Crippen molar-refractivity contribution >= 4 is 18.0 Å². The molecule has 2 unspecified atom stereocenters. The molecule has 6 nitrogen and oxygen atoms in total. The van der Waals surface area contributed by atoms with Crippen molar-refractivity contribution < 1.29 is 29.6 Å². The number of hydrogen-bond donors (Lipinski definition) is 3. The Labute approximate surface area is 275 Å². The highest BCUT2D eigenvalue weighted by molar-refractivity contribution is 5.87. The average molecular weight is 633 g/mol. The molecule has 252 valence electrons. The molecule has 3 N–H and O–H groups in total. The summed E-state index contributed by atoms with van der Waals surface area (Å²) in [6.45, 7) is 20.7. The van der Waals surface area contributed by atoms with Crippen LogP contribution in [0.15, 0.2) is 42.5 Å². The van der Waals surface area contributed by atoms with Crippen LogP contribution >= 0.6 is 0 Å². The molecule has 5 fully saturated rings.